The molecule has 0 radical (unpaired) electrons. The minimum Gasteiger partial charge on any atom is -0.336 e. The topological polar surface area (TPSA) is 101 Å². The predicted octanol–water partition coefficient (Wildman–Crippen LogP) is 2.30. The van der Waals surface area contributed by atoms with E-state index < -0.39 is 10.0 Å². The molecule has 164 valence electrons. The molecule has 1 N–H and O–H groups in total. The fourth-order valence-corrected chi connectivity index (χ4v) is 5.72. The number of hydrogen-bond acceptors (Lipinski definition) is 5. The highest BCUT2D eigenvalue weighted by molar-refractivity contribution is 7.92. The Kier molecular flexibility index (Phi) is 5.05. The second-order valence-corrected chi connectivity index (χ2v) is 9.91. The fraction of sp³-hybridized carbons (Fsp3) is 0.261. The van der Waals surface area contributed by atoms with Gasteiger partial charge < -0.3 is 9.47 Å². The molecule has 8 nitrogen and oxygen atoms in total. The Hall–Kier alpha value is -3.46. The van der Waals surface area contributed by atoms with E-state index in [2.05, 4.69) is 9.71 Å². The van der Waals surface area contributed by atoms with Crippen LogP contribution in [0.15, 0.2) is 76.6 Å². The maximum absolute atomic E-state index is 13.1. The van der Waals surface area contributed by atoms with Gasteiger partial charge in [0.25, 0.3) is 21.5 Å². The Morgan fingerprint density at radius 2 is 1.75 bits per heavy atom. The molecule has 9 heteroatoms. The summed E-state index contributed by atoms with van der Waals surface area (Å²) in [6.07, 6.45) is 2.49. The smallest absolute Gasteiger partial charge is 0.275 e. The van der Waals surface area contributed by atoms with E-state index in [1.165, 1.54) is 18.2 Å². The summed E-state index contributed by atoms with van der Waals surface area (Å²) in [7, 11) is -3.85. The summed E-state index contributed by atoms with van der Waals surface area (Å²) in [5, 5.41) is 0. The van der Waals surface area contributed by atoms with E-state index >= 15 is 0 Å². The number of nitrogens with zero attached hydrogens (tertiary/aromatic N) is 3. The maximum Gasteiger partial charge on any atom is 0.275 e. The first kappa shape index (κ1) is 20.4. The zero-order valence-corrected chi connectivity index (χ0v) is 18.0. The molecule has 32 heavy (non-hydrogen) atoms. The Balaban J connectivity index is 1.41. The lowest BCUT2D eigenvalue weighted by Gasteiger charge is -2.42. The number of sulfonamides is 1. The van der Waals surface area contributed by atoms with Crippen molar-refractivity contribution in [2.24, 2.45) is 5.92 Å². The zero-order chi connectivity index (χ0) is 22.3. The molecule has 1 saturated heterocycles. The van der Waals surface area contributed by atoms with Crippen LogP contribution in [0.2, 0.25) is 0 Å². The normalized spacial score (nSPS) is 19.8. The van der Waals surface area contributed by atoms with Gasteiger partial charge >= 0.3 is 0 Å². The number of carbonyl (C=O) groups is 1. The second kappa shape index (κ2) is 7.90. The lowest BCUT2D eigenvalue weighted by atomic mass is 9.83. The largest absolute Gasteiger partial charge is 0.336 e. The van der Waals surface area contributed by atoms with Crippen LogP contribution < -0.4 is 10.3 Å². The van der Waals surface area contributed by atoms with Gasteiger partial charge in [0.15, 0.2) is 0 Å². The molecule has 0 saturated carbocycles. The van der Waals surface area contributed by atoms with E-state index in [9.17, 15) is 18.0 Å². The van der Waals surface area contributed by atoms with E-state index in [1.54, 1.807) is 58.1 Å². The summed E-state index contributed by atoms with van der Waals surface area (Å²) in [6, 6.07) is 16.5. The third kappa shape index (κ3) is 3.69. The zero-order valence-electron chi connectivity index (χ0n) is 17.2. The van der Waals surface area contributed by atoms with Gasteiger partial charge in [0.05, 0.1) is 4.90 Å². The van der Waals surface area contributed by atoms with E-state index in [-0.39, 0.29) is 33.9 Å². The van der Waals surface area contributed by atoms with Gasteiger partial charge in [-0.2, -0.15) is 0 Å². The van der Waals surface area contributed by atoms with Crippen LogP contribution in [0.3, 0.4) is 0 Å². The molecule has 2 aliphatic rings. The molecule has 1 aromatic carbocycles. The van der Waals surface area contributed by atoms with Gasteiger partial charge in [-0.25, -0.2) is 8.42 Å². The number of hydrogen-bond donors (Lipinski definition) is 1. The number of aromatic nitrogens is 2. The molecule has 0 aliphatic carbocycles. The standard InChI is InChI=1S/C23H22N4O4S/c28-22(19-8-4-5-11-24-19)26-13-16-12-17(15-26)21-10-9-20(23(29)27(21)14-16)25-32(30,31)18-6-2-1-3-7-18/h1-11,16-17,25H,12-15H2. The quantitative estimate of drug-likeness (QED) is 0.657. The molecule has 1 fully saturated rings. The first-order valence-corrected chi connectivity index (χ1v) is 11.9. The minimum absolute atomic E-state index is 0.0163. The summed E-state index contributed by atoms with van der Waals surface area (Å²) in [5.74, 6) is 0.0265. The number of pyridine rings is 2. The number of piperidine rings is 1. The van der Waals surface area contributed by atoms with Crippen LogP contribution in [0.4, 0.5) is 5.69 Å². The first-order chi connectivity index (χ1) is 15.4. The Bertz CT molecular complexity index is 1320. The fourth-order valence-electron chi connectivity index (χ4n) is 4.64. The number of benzene rings is 1. The number of fused-ring (bicyclic) bond motifs is 4. The summed E-state index contributed by atoms with van der Waals surface area (Å²) in [5.41, 5.74) is 0.906. The molecular weight excluding hydrogens is 428 g/mol. The molecule has 2 bridgehead atoms. The number of amides is 1. The molecule has 4 heterocycles. The third-order valence-electron chi connectivity index (χ3n) is 6.07. The Morgan fingerprint density at radius 3 is 2.50 bits per heavy atom. The van der Waals surface area contributed by atoms with Gasteiger partial charge in [0.2, 0.25) is 0 Å². The van der Waals surface area contributed by atoms with Gasteiger partial charge in [-0.3, -0.25) is 19.3 Å². The average Bonchev–Trinajstić information content (AvgIpc) is 2.81. The highest BCUT2D eigenvalue weighted by Crippen LogP contribution is 2.36. The van der Waals surface area contributed by atoms with Crippen LogP contribution in [0.1, 0.15) is 28.5 Å². The van der Waals surface area contributed by atoms with Crippen molar-refractivity contribution >= 4 is 21.6 Å². The molecule has 0 spiro atoms. The van der Waals surface area contributed by atoms with Gasteiger partial charge in [-0.15, -0.1) is 0 Å². The van der Waals surface area contributed by atoms with E-state index in [4.69, 9.17) is 0 Å². The van der Waals surface area contributed by atoms with Gasteiger partial charge in [-0.05, 0) is 48.7 Å². The summed E-state index contributed by atoms with van der Waals surface area (Å²) < 4.78 is 29.4. The van der Waals surface area contributed by atoms with E-state index in [0.29, 0.717) is 25.3 Å². The molecule has 2 atom stereocenters. The van der Waals surface area contributed by atoms with Crippen LogP contribution in [0.5, 0.6) is 0 Å². The molecule has 2 unspecified atom stereocenters. The minimum atomic E-state index is -3.85. The van der Waals surface area contributed by atoms with Crippen molar-refractivity contribution in [1.29, 1.82) is 0 Å². The average molecular weight is 451 g/mol. The van der Waals surface area contributed by atoms with Gasteiger partial charge in [0.1, 0.15) is 11.4 Å². The summed E-state index contributed by atoms with van der Waals surface area (Å²) in [4.78, 5) is 32.1. The van der Waals surface area contributed by atoms with Crippen LogP contribution in [-0.2, 0) is 16.6 Å². The summed E-state index contributed by atoms with van der Waals surface area (Å²) >= 11 is 0. The molecule has 2 aliphatic heterocycles. The lowest BCUT2D eigenvalue weighted by molar-refractivity contribution is 0.0589. The highest BCUT2D eigenvalue weighted by atomic mass is 32.2. The van der Waals surface area contributed by atoms with Crippen molar-refractivity contribution in [3.8, 4) is 0 Å². The van der Waals surface area contributed by atoms with E-state index in [1.807, 2.05) is 0 Å². The third-order valence-corrected chi connectivity index (χ3v) is 7.45. The first-order valence-electron chi connectivity index (χ1n) is 10.4. The number of rotatable bonds is 4. The van der Waals surface area contributed by atoms with E-state index in [0.717, 1.165) is 12.1 Å². The molecular formula is C23H22N4O4S. The molecule has 3 aromatic rings. The summed E-state index contributed by atoms with van der Waals surface area (Å²) in [6.45, 7) is 1.48. The van der Waals surface area contributed by atoms with Crippen molar-refractivity contribution in [1.82, 2.24) is 14.5 Å². The monoisotopic (exact) mass is 450 g/mol. The molecule has 5 rings (SSSR count). The highest BCUT2D eigenvalue weighted by Gasteiger charge is 2.37. The lowest BCUT2D eigenvalue weighted by Crippen LogP contribution is -2.49. The van der Waals surface area contributed by atoms with Crippen LogP contribution in [-0.4, -0.2) is 41.9 Å². The predicted molar refractivity (Wildman–Crippen MR) is 119 cm³/mol. The van der Waals surface area contributed by atoms with Crippen LogP contribution in [0.25, 0.3) is 0 Å². The number of carbonyl (C=O) groups excluding carboxylic acids is 1. The van der Waals surface area contributed by atoms with Crippen molar-refractivity contribution in [2.75, 3.05) is 17.8 Å². The van der Waals surface area contributed by atoms with Crippen molar-refractivity contribution in [2.45, 2.75) is 23.8 Å². The van der Waals surface area contributed by atoms with Gasteiger partial charge in [0, 0.05) is 37.4 Å². The number of likely N-dealkylation sites (tertiary alicyclic amines) is 1. The van der Waals surface area contributed by atoms with Crippen LogP contribution >= 0.6 is 0 Å². The second-order valence-electron chi connectivity index (χ2n) is 8.23. The SMILES string of the molecule is O=C(c1ccccn1)N1CC2CC(C1)c1ccc(NS(=O)(=O)c3ccccc3)c(=O)n1C2. The van der Waals surface area contributed by atoms with Crippen molar-refractivity contribution < 1.29 is 13.2 Å². The number of nitrogens with one attached hydrogen (secondary N) is 1. The number of anilines is 1. The van der Waals surface area contributed by atoms with Gasteiger partial charge in [-0.1, -0.05) is 24.3 Å². The Labute approximate surface area is 185 Å². The Morgan fingerprint density at radius 1 is 0.969 bits per heavy atom. The maximum atomic E-state index is 13.1. The van der Waals surface area contributed by atoms with Crippen molar-refractivity contribution in [3.63, 3.8) is 0 Å². The molecule has 1 amide bonds. The van der Waals surface area contributed by atoms with Crippen molar-refractivity contribution in [3.05, 3.63) is 88.6 Å². The van der Waals surface area contributed by atoms with Crippen LogP contribution in [0, 0.1) is 5.92 Å². The molecule has 2 aromatic heterocycles.